The van der Waals surface area contributed by atoms with E-state index in [9.17, 15) is 4.79 Å². The number of aryl methyl sites for hydroxylation is 2. The van der Waals surface area contributed by atoms with E-state index in [0.717, 1.165) is 35.5 Å². The number of benzene rings is 2. The quantitative estimate of drug-likeness (QED) is 0.944. The highest BCUT2D eigenvalue weighted by molar-refractivity contribution is 5.94. The van der Waals surface area contributed by atoms with E-state index in [4.69, 9.17) is 9.47 Å². The number of fused-ring (bicyclic) bond motifs is 2. The Morgan fingerprint density at radius 1 is 1.08 bits per heavy atom. The number of ether oxygens (including phenoxy) is 2. The molecule has 0 bridgehead atoms. The summed E-state index contributed by atoms with van der Waals surface area (Å²) < 4.78 is 11.5. The summed E-state index contributed by atoms with van der Waals surface area (Å²) in [6.07, 6.45) is 1.78. The molecule has 2 aromatic rings. The average molecular weight is 323 g/mol. The fourth-order valence-electron chi connectivity index (χ4n) is 3.43. The van der Waals surface area contributed by atoms with Crippen molar-refractivity contribution in [3.8, 4) is 11.5 Å². The molecule has 124 valence electrons. The van der Waals surface area contributed by atoms with Gasteiger partial charge in [-0.15, -0.1) is 0 Å². The zero-order chi connectivity index (χ0) is 16.7. The number of nitrogens with one attached hydrogen (secondary N) is 1. The van der Waals surface area contributed by atoms with Gasteiger partial charge < -0.3 is 14.8 Å². The molecule has 1 N–H and O–H groups in total. The Kier molecular flexibility index (Phi) is 3.68. The maximum absolute atomic E-state index is 12.5. The molecule has 0 atom stereocenters. The average Bonchev–Trinajstić information content (AvgIpc) is 3.22. The first-order valence-corrected chi connectivity index (χ1v) is 8.42. The van der Waals surface area contributed by atoms with Crippen LogP contribution in [0.4, 0.5) is 0 Å². The second-order valence-electron chi connectivity index (χ2n) is 6.50. The SMILES string of the molecule is Cc1ccc(C(=O)NCc2c3c(cc4c2OCC4)OCC3)cc1C. The molecular weight excluding hydrogens is 302 g/mol. The molecule has 0 aliphatic carbocycles. The highest BCUT2D eigenvalue weighted by Gasteiger charge is 2.26. The molecule has 0 aromatic heterocycles. The minimum absolute atomic E-state index is 0.0543. The van der Waals surface area contributed by atoms with Gasteiger partial charge in [0.1, 0.15) is 11.5 Å². The summed E-state index contributed by atoms with van der Waals surface area (Å²) in [5.74, 6) is 1.84. The Morgan fingerprint density at radius 3 is 2.75 bits per heavy atom. The normalized spacial score (nSPS) is 14.6. The van der Waals surface area contributed by atoms with Crippen LogP contribution in [0.3, 0.4) is 0 Å². The molecular formula is C20H21NO3. The predicted octanol–water partition coefficient (Wildman–Crippen LogP) is 3.10. The van der Waals surface area contributed by atoms with Crippen LogP contribution < -0.4 is 14.8 Å². The molecule has 0 spiro atoms. The summed E-state index contributed by atoms with van der Waals surface area (Å²) in [6.45, 7) is 5.95. The van der Waals surface area contributed by atoms with Crippen LogP contribution in [0.1, 0.15) is 38.2 Å². The van der Waals surface area contributed by atoms with Crippen molar-refractivity contribution >= 4 is 5.91 Å². The Bertz CT molecular complexity index is 794. The van der Waals surface area contributed by atoms with Crippen molar-refractivity contribution in [2.45, 2.75) is 33.2 Å². The van der Waals surface area contributed by atoms with Crippen LogP contribution >= 0.6 is 0 Å². The van der Waals surface area contributed by atoms with Crippen LogP contribution in [-0.4, -0.2) is 19.1 Å². The van der Waals surface area contributed by atoms with Crippen LogP contribution in [0.25, 0.3) is 0 Å². The van der Waals surface area contributed by atoms with E-state index >= 15 is 0 Å². The van der Waals surface area contributed by atoms with Crippen molar-refractivity contribution in [1.82, 2.24) is 5.32 Å². The molecule has 0 fully saturated rings. The van der Waals surface area contributed by atoms with Gasteiger partial charge in [-0.25, -0.2) is 0 Å². The zero-order valence-electron chi connectivity index (χ0n) is 14.1. The Balaban J connectivity index is 1.58. The lowest BCUT2D eigenvalue weighted by Crippen LogP contribution is -2.23. The van der Waals surface area contributed by atoms with Crippen molar-refractivity contribution in [3.63, 3.8) is 0 Å². The summed E-state index contributed by atoms with van der Waals surface area (Å²) in [6, 6.07) is 7.89. The largest absolute Gasteiger partial charge is 0.493 e. The van der Waals surface area contributed by atoms with Gasteiger partial charge in [-0.05, 0) is 43.2 Å². The monoisotopic (exact) mass is 323 g/mol. The summed E-state index contributed by atoms with van der Waals surface area (Å²) >= 11 is 0. The topological polar surface area (TPSA) is 47.6 Å². The molecule has 0 saturated heterocycles. The fourth-order valence-corrected chi connectivity index (χ4v) is 3.43. The zero-order valence-corrected chi connectivity index (χ0v) is 14.1. The fraction of sp³-hybridized carbons (Fsp3) is 0.350. The Morgan fingerprint density at radius 2 is 1.92 bits per heavy atom. The van der Waals surface area contributed by atoms with Crippen LogP contribution in [0, 0.1) is 13.8 Å². The van der Waals surface area contributed by atoms with Crippen LogP contribution in [0.2, 0.25) is 0 Å². The van der Waals surface area contributed by atoms with Crippen molar-refractivity contribution < 1.29 is 14.3 Å². The molecule has 2 aliphatic rings. The molecule has 4 heteroatoms. The van der Waals surface area contributed by atoms with Gasteiger partial charge in [0.05, 0.1) is 13.2 Å². The molecule has 4 nitrogen and oxygen atoms in total. The minimum Gasteiger partial charge on any atom is -0.493 e. The Labute approximate surface area is 141 Å². The van der Waals surface area contributed by atoms with E-state index < -0.39 is 0 Å². The maximum atomic E-state index is 12.5. The molecule has 2 aliphatic heterocycles. The highest BCUT2D eigenvalue weighted by atomic mass is 16.5. The first-order chi connectivity index (χ1) is 11.6. The number of rotatable bonds is 3. The number of carbonyl (C=O) groups excluding carboxylic acids is 1. The van der Waals surface area contributed by atoms with Crippen molar-refractivity contribution in [2.24, 2.45) is 0 Å². The third kappa shape index (κ3) is 2.52. The molecule has 24 heavy (non-hydrogen) atoms. The van der Waals surface area contributed by atoms with Gasteiger partial charge in [0.25, 0.3) is 5.91 Å². The summed E-state index contributed by atoms with van der Waals surface area (Å²) in [5.41, 5.74) is 6.45. The lowest BCUT2D eigenvalue weighted by molar-refractivity contribution is 0.0950. The van der Waals surface area contributed by atoms with Crippen LogP contribution in [-0.2, 0) is 19.4 Å². The number of hydrogen-bond acceptors (Lipinski definition) is 3. The smallest absolute Gasteiger partial charge is 0.251 e. The summed E-state index contributed by atoms with van der Waals surface area (Å²) in [4.78, 5) is 12.5. The first-order valence-electron chi connectivity index (χ1n) is 8.42. The number of amides is 1. The second kappa shape index (κ2) is 5.86. The van der Waals surface area contributed by atoms with Crippen molar-refractivity contribution in [1.29, 1.82) is 0 Å². The maximum Gasteiger partial charge on any atom is 0.251 e. The second-order valence-corrected chi connectivity index (χ2v) is 6.50. The predicted molar refractivity (Wildman–Crippen MR) is 91.9 cm³/mol. The van der Waals surface area contributed by atoms with Gasteiger partial charge >= 0.3 is 0 Å². The van der Waals surface area contributed by atoms with Gasteiger partial charge in [0, 0.05) is 41.6 Å². The highest BCUT2D eigenvalue weighted by Crippen LogP contribution is 2.40. The molecule has 0 unspecified atom stereocenters. The van der Waals surface area contributed by atoms with Gasteiger partial charge in [-0.3, -0.25) is 4.79 Å². The van der Waals surface area contributed by atoms with E-state index in [1.165, 1.54) is 16.7 Å². The molecule has 1 amide bonds. The van der Waals surface area contributed by atoms with Gasteiger partial charge in [0.15, 0.2) is 0 Å². The molecule has 2 aromatic carbocycles. The number of hydrogen-bond donors (Lipinski definition) is 1. The lowest BCUT2D eigenvalue weighted by atomic mass is 9.99. The van der Waals surface area contributed by atoms with Crippen molar-refractivity contribution in [2.75, 3.05) is 13.2 Å². The van der Waals surface area contributed by atoms with Gasteiger partial charge in [-0.1, -0.05) is 6.07 Å². The summed E-state index contributed by atoms with van der Waals surface area (Å²) in [7, 11) is 0. The molecule has 0 radical (unpaired) electrons. The van der Waals surface area contributed by atoms with Gasteiger partial charge in [0.2, 0.25) is 0 Å². The van der Waals surface area contributed by atoms with E-state index in [-0.39, 0.29) is 5.91 Å². The molecule has 2 heterocycles. The lowest BCUT2D eigenvalue weighted by Gasteiger charge is -2.14. The van der Waals surface area contributed by atoms with Crippen LogP contribution in [0.5, 0.6) is 11.5 Å². The third-order valence-corrected chi connectivity index (χ3v) is 4.96. The minimum atomic E-state index is -0.0543. The third-order valence-electron chi connectivity index (χ3n) is 4.96. The van der Waals surface area contributed by atoms with E-state index in [0.29, 0.717) is 25.3 Å². The summed E-state index contributed by atoms with van der Waals surface area (Å²) in [5, 5.41) is 3.05. The van der Waals surface area contributed by atoms with E-state index in [1.807, 2.05) is 32.0 Å². The first kappa shape index (κ1) is 15.1. The van der Waals surface area contributed by atoms with Crippen molar-refractivity contribution in [3.05, 3.63) is 57.6 Å². The van der Waals surface area contributed by atoms with E-state index in [1.54, 1.807) is 0 Å². The standard InChI is InChI=1S/C20H21NO3/c1-12-3-4-15(9-13(12)2)20(22)21-11-17-16-6-8-23-18(16)10-14-5-7-24-19(14)17/h3-4,9-10H,5-8,11H2,1-2H3,(H,21,22). The van der Waals surface area contributed by atoms with Crippen LogP contribution in [0.15, 0.2) is 24.3 Å². The molecule has 4 rings (SSSR count). The van der Waals surface area contributed by atoms with E-state index in [2.05, 4.69) is 11.4 Å². The Hall–Kier alpha value is -2.49. The number of carbonyl (C=O) groups is 1. The van der Waals surface area contributed by atoms with Gasteiger partial charge in [-0.2, -0.15) is 0 Å². The molecule has 0 saturated carbocycles.